The average molecular weight is 485 g/mol. The smallest absolute Gasteiger partial charge is 0.265 e. The second kappa shape index (κ2) is 8.82. The second-order valence-corrected chi connectivity index (χ2v) is 9.86. The highest BCUT2D eigenvalue weighted by atomic mass is 35.5. The number of hydrogen-bond acceptors (Lipinski definition) is 3. The van der Waals surface area contributed by atoms with Crippen LogP contribution in [0.5, 0.6) is 0 Å². The van der Waals surface area contributed by atoms with Crippen LogP contribution in [0.3, 0.4) is 0 Å². The first-order valence-corrected chi connectivity index (χ1v) is 11.8. The SMILES string of the molecule is CN(c1ccc(Cl)cc1)S(=O)(=O)c1cc(C(=O)Nc2cccc3ccccc23)ccc1Cl. The van der Waals surface area contributed by atoms with Crippen LogP contribution in [-0.2, 0) is 10.0 Å². The first kappa shape index (κ1) is 22.1. The second-order valence-electron chi connectivity index (χ2n) is 7.07. The number of sulfonamides is 1. The molecule has 1 N–H and O–H groups in total. The molecule has 0 aromatic heterocycles. The molecule has 0 aliphatic heterocycles. The van der Waals surface area contributed by atoms with Crippen molar-refractivity contribution in [2.24, 2.45) is 0 Å². The molecule has 4 aromatic carbocycles. The molecule has 0 heterocycles. The van der Waals surface area contributed by atoms with Crippen LogP contribution < -0.4 is 9.62 Å². The van der Waals surface area contributed by atoms with Crippen molar-refractivity contribution in [2.75, 3.05) is 16.7 Å². The molecule has 32 heavy (non-hydrogen) atoms. The van der Waals surface area contributed by atoms with Gasteiger partial charge in [-0.05, 0) is 53.9 Å². The molecule has 0 bridgehead atoms. The highest BCUT2D eigenvalue weighted by molar-refractivity contribution is 7.93. The molecule has 0 aliphatic rings. The van der Waals surface area contributed by atoms with Crippen molar-refractivity contribution in [3.63, 3.8) is 0 Å². The van der Waals surface area contributed by atoms with Gasteiger partial charge < -0.3 is 5.32 Å². The molecule has 162 valence electrons. The van der Waals surface area contributed by atoms with Gasteiger partial charge in [-0.25, -0.2) is 8.42 Å². The quantitative estimate of drug-likeness (QED) is 0.365. The minimum atomic E-state index is -4.02. The number of rotatable bonds is 5. The minimum absolute atomic E-state index is 0.0209. The van der Waals surface area contributed by atoms with Crippen molar-refractivity contribution in [1.29, 1.82) is 0 Å². The Morgan fingerprint density at radius 2 is 1.56 bits per heavy atom. The van der Waals surface area contributed by atoms with E-state index >= 15 is 0 Å². The van der Waals surface area contributed by atoms with Gasteiger partial charge >= 0.3 is 0 Å². The Labute approximate surface area is 196 Å². The lowest BCUT2D eigenvalue weighted by molar-refractivity contribution is 0.102. The standard InChI is InChI=1S/C24H18Cl2N2O3S/c1-28(19-12-10-18(25)11-13-19)32(30,31)23-15-17(9-14-21(23)26)24(29)27-22-8-4-6-16-5-2-3-7-20(16)22/h2-15H,1H3,(H,27,29). The fraction of sp³-hybridized carbons (Fsp3) is 0.0417. The topological polar surface area (TPSA) is 66.5 Å². The molecule has 0 saturated heterocycles. The molecule has 0 fully saturated rings. The molecule has 5 nitrogen and oxygen atoms in total. The van der Waals surface area contributed by atoms with Gasteiger partial charge in [0, 0.05) is 28.7 Å². The van der Waals surface area contributed by atoms with E-state index in [1.807, 2.05) is 36.4 Å². The van der Waals surface area contributed by atoms with Crippen molar-refractivity contribution < 1.29 is 13.2 Å². The molecule has 0 aliphatic carbocycles. The molecule has 1 amide bonds. The van der Waals surface area contributed by atoms with Crippen LogP contribution in [-0.4, -0.2) is 21.4 Å². The van der Waals surface area contributed by atoms with Gasteiger partial charge in [-0.1, -0.05) is 59.6 Å². The van der Waals surface area contributed by atoms with Crippen LogP contribution in [0.1, 0.15) is 10.4 Å². The van der Waals surface area contributed by atoms with E-state index in [4.69, 9.17) is 23.2 Å². The summed E-state index contributed by atoms with van der Waals surface area (Å²) in [6, 6.07) is 23.8. The van der Waals surface area contributed by atoms with Gasteiger partial charge in [-0.2, -0.15) is 0 Å². The Kier molecular flexibility index (Phi) is 6.11. The summed E-state index contributed by atoms with van der Waals surface area (Å²) in [4.78, 5) is 12.8. The molecule has 4 aromatic rings. The van der Waals surface area contributed by atoms with E-state index in [2.05, 4.69) is 5.32 Å². The summed E-state index contributed by atoms with van der Waals surface area (Å²) in [7, 11) is -2.61. The monoisotopic (exact) mass is 484 g/mol. The Morgan fingerprint density at radius 3 is 2.31 bits per heavy atom. The number of amides is 1. The first-order chi connectivity index (χ1) is 15.3. The van der Waals surface area contributed by atoms with E-state index in [9.17, 15) is 13.2 Å². The zero-order valence-electron chi connectivity index (χ0n) is 16.9. The normalized spacial score (nSPS) is 11.3. The van der Waals surface area contributed by atoms with E-state index in [0.29, 0.717) is 16.4 Å². The predicted octanol–water partition coefficient (Wildman–Crippen LogP) is 6.22. The van der Waals surface area contributed by atoms with Crippen molar-refractivity contribution in [2.45, 2.75) is 4.90 Å². The zero-order valence-corrected chi connectivity index (χ0v) is 19.2. The van der Waals surface area contributed by atoms with Crippen LogP contribution in [0.15, 0.2) is 89.8 Å². The summed E-state index contributed by atoms with van der Waals surface area (Å²) >= 11 is 12.1. The first-order valence-electron chi connectivity index (χ1n) is 9.60. The number of nitrogens with zero attached hydrogens (tertiary/aromatic N) is 1. The molecule has 0 unspecified atom stereocenters. The maximum absolute atomic E-state index is 13.2. The van der Waals surface area contributed by atoms with Crippen molar-refractivity contribution in [3.05, 3.63) is 101 Å². The van der Waals surface area contributed by atoms with Gasteiger partial charge in [0.05, 0.1) is 10.7 Å². The van der Waals surface area contributed by atoms with Gasteiger partial charge in [0.2, 0.25) is 0 Å². The van der Waals surface area contributed by atoms with Crippen LogP contribution in [0.4, 0.5) is 11.4 Å². The number of nitrogens with one attached hydrogen (secondary N) is 1. The fourth-order valence-corrected chi connectivity index (χ4v) is 5.13. The summed E-state index contributed by atoms with van der Waals surface area (Å²) < 4.78 is 27.5. The van der Waals surface area contributed by atoms with Crippen LogP contribution >= 0.6 is 23.2 Å². The average Bonchev–Trinajstić information content (AvgIpc) is 2.79. The molecular weight excluding hydrogens is 467 g/mol. The number of fused-ring (bicyclic) bond motifs is 1. The third kappa shape index (κ3) is 4.30. The predicted molar refractivity (Wildman–Crippen MR) is 130 cm³/mol. The lowest BCUT2D eigenvalue weighted by Gasteiger charge is -2.20. The largest absolute Gasteiger partial charge is 0.321 e. The van der Waals surface area contributed by atoms with E-state index < -0.39 is 15.9 Å². The molecular formula is C24H18Cl2N2O3S. The van der Waals surface area contributed by atoms with Crippen LogP contribution in [0, 0.1) is 0 Å². The lowest BCUT2D eigenvalue weighted by Crippen LogP contribution is -2.27. The Morgan fingerprint density at radius 1 is 0.875 bits per heavy atom. The van der Waals surface area contributed by atoms with E-state index in [0.717, 1.165) is 15.1 Å². The fourth-order valence-electron chi connectivity index (χ4n) is 3.31. The summed E-state index contributed by atoms with van der Waals surface area (Å²) in [5, 5.41) is 5.24. The summed E-state index contributed by atoms with van der Waals surface area (Å²) in [5.41, 5.74) is 1.22. The molecule has 0 saturated carbocycles. The number of anilines is 2. The van der Waals surface area contributed by atoms with E-state index in [1.165, 1.54) is 25.2 Å². The number of hydrogen-bond donors (Lipinski definition) is 1. The van der Waals surface area contributed by atoms with E-state index in [-0.39, 0.29) is 15.5 Å². The van der Waals surface area contributed by atoms with Gasteiger partial charge in [0.1, 0.15) is 4.90 Å². The third-order valence-electron chi connectivity index (χ3n) is 5.06. The van der Waals surface area contributed by atoms with Gasteiger partial charge in [0.25, 0.3) is 15.9 Å². The molecule has 4 rings (SSSR count). The minimum Gasteiger partial charge on any atom is -0.321 e. The molecule has 8 heteroatoms. The van der Waals surface area contributed by atoms with Gasteiger partial charge in [0.15, 0.2) is 0 Å². The maximum Gasteiger partial charge on any atom is 0.265 e. The molecule has 0 spiro atoms. The zero-order chi connectivity index (χ0) is 22.9. The van der Waals surface area contributed by atoms with Crippen LogP contribution in [0.2, 0.25) is 10.0 Å². The van der Waals surface area contributed by atoms with E-state index in [1.54, 1.807) is 30.3 Å². The highest BCUT2D eigenvalue weighted by Crippen LogP contribution is 2.30. The summed E-state index contributed by atoms with van der Waals surface area (Å²) in [6.45, 7) is 0. The Hall–Kier alpha value is -3.06. The van der Waals surface area contributed by atoms with Gasteiger partial charge in [-0.15, -0.1) is 0 Å². The Balaban J connectivity index is 1.67. The third-order valence-corrected chi connectivity index (χ3v) is 7.58. The highest BCUT2D eigenvalue weighted by Gasteiger charge is 2.25. The Bertz CT molecular complexity index is 1420. The maximum atomic E-state index is 13.2. The van der Waals surface area contributed by atoms with Crippen molar-refractivity contribution in [3.8, 4) is 0 Å². The van der Waals surface area contributed by atoms with Crippen molar-refractivity contribution >= 4 is 61.3 Å². The summed E-state index contributed by atoms with van der Waals surface area (Å²) in [6.07, 6.45) is 0. The van der Waals surface area contributed by atoms with Gasteiger partial charge in [-0.3, -0.25) is 9.10 Å². The number of halogens is 2. The number of carbonyl (C=O) groups excluding carboxylic acids is 1. The molecule has 0 radical (unpaired) electrons. The molecule has 0 atom stereocenters. The lowest BCUT2D eigenvalue weighted by atomic mass is 10.1. The number of carbonyl (C=O) groups is 1. The van der Waals surface area contributed by atoms with Crippen LogP contribution in [0.25, 0.3) is 10.8 Å². The van der Waals surface area contributed by atoms with Crippen molar-refractivity contribution in [1.82, 2.24) is 0 Å². The summed E-state index contributed by atoms with van der Waals surface area (Å²) in [5.74, 6) is -0.441. The number of benzene rings is 4.